The molecule has 0 bridgehead atoms. The van der Waals surface area contributed by atoms with Crippen LogP contribution in [0.1, 0.15) is 35.3 Å². The highest BCUT2D eigenvalue weighted by atomic mass is 35.5. The molecule has 0 aliphatic rings. The number of nitrogens with one attached hydrogen (secondary N) is 2. The third-order valence-electron chi connectivity index (χ3n) is 5.91. The zero-order valence-electron chi connectivity index (χ0n) is 20.2. The fourth-order valence-corrected chi connectivity index (χ4v) is 4.44. The molecule has 9 heteroatoms. The first kappa shape index (κ1) is 26.7. The van der Waals surface area contributed by atoms with E-state index in [1.165, 1.54) is 12.1 Å². The van der Waals surface area contributed by atoms with Crippen molar-refractivity contribution in [2.75, 3.05) is 0 Å². The zero-order chi connectivity index (χ0) is 26.5. The Morgan fingerprint density at radius 1 is 0.946 bits per heavy atom. The molecule has 6 nitrogen and oxygen atoms in total. The third-order valence-corrected chi connectivity index (χ3v) is 7.02. The summed E-state index contributed by atoms with van der Waals surface area (Å²) in [5.41, 5.74) is 5.72. The third kappa shape index (κ3) is 6.34. The lowest BCUT2D eigenvalue weighted by Gasteiger charge is -2.20. The Bertz CT molecular complexity index is 1480. The van der Waals surface area contributed by atoms with Gasteiger partial charge in [0.2, 0.25) is 0 Å². The number of amides is 2. The highest BCUT2D eigenvalue weighted by Crippen LogP contribution is 2.24. The number of carbonyl (C=O) groups is 2. The molecule has 1 atom stereocenters. The summed E-state index contributed by atoms with van der Waals surface area (Å²) in [4.78, 5) is 25.6. The number of rotatable bonds is 8. The van der Waals surface area contributed by atoms with Gasteiger partial charge in [0.25, 0.3) is 11.8 Å². The summed E-state index contributed by atoms with van der Waals surface area (Å²) in [5.74, 6) is -1.04. The summed E-state index contributed by atoms with van der Waals surface area (Å²) in [6.07, 6.45) is 3.57. The molecule has 3 aromatic carbocycles. The van der Waals surface area contributed by atoms with Gasteiger partial charge in [-0.1, -0.05) is 85.0 Å². The van der Waals surface area contributed by atoms with Crippen LogP contribution in [0.3, 0.4) is 0 Å². The molecule has 4 aromatic rings. The van der Waals surface area contributed by atoms with Crippen LogP contribution in [0, 0.1) is 5.92 Å². The molecule has 0 saturated heterocycles. The minimum Gasteiger partial charge on any atom is -0.342 e. The first-order chi connectivity index (χ1) is 17.7. The van der Waals surface area contributed by atoms with Gasteiger partial charge < -0.3 is 9.88 Å². The van der Waals surface area contributed by atoms with E-state index < -0.39 is 17.9 Å². The standard InChI is InChI=1S/C28H25Cl3N4O2/c1-17(2)26(33-27(36)18-11-12-23(30)24(31)13-18)28(37)34-32-14-20-16-35(25-10-6-4-8-21(20)25)15-19-7-3-5-9-22(19)29/h3-14,16-17,26H,15H2,1-2H3,(H,33,36)(H,34,37). The molecular weight excluding hydrogens is 531 g/mol. The van der Waals surface area contributed by atoms with Gasteiger partial charge in [-0.25, -0.2) is 5.43 Å². The van der Waals surface area contributed by atoms with E-state index in [1.807, 2.05) is 68.6 Å². The molecule has 37 heavy (non-hydrogen) atoms. The van der Waals surface area contributed by atoms with Crippen molar-refractivity contribution in [1.82, 2.24) is 15.3 Å². The van der Waals surface area contributed by atoms with Crippen molar-refractivity contribution in [1.29, 1.82) is 0 Å². The Kier molecular flexibility index (Phi) is 8.54. The van der Waals surface area contributed by atoms with E-state index in [0.29, 0.717) is 22.2 Å². The number of fused-ring (bicyclic) bond motifs is 1. The molecule has 0 spiro atoms. The summed E-state index contributed by atoms with van der Waals surface area (Å²) in [7, 11) is 0. The number of aromatic nitrogens is 1. The van der Waals surface area contributed by atoms with Gasteiger partial charge in [0.1, 0.15) is 6.04 Å². The molecule has 1 heterocycles. The molecule has 0 fully saturated rings. The summed E-state index contributed by atoms with van der Waals surface area (Å²) < 4.78 is 2.09. The van der Waals surface area contributed by atoms with Crippen molar-refractivity contribution in [3.05, 3.63) is 105 Å². The summed E-state index contributed by atoms with van der Waals surface area (Å²) in [6.45, 7) is 4.27. The predicted octanol–water partition coefficient (Wildman–Crippen LogP) is 6.55. The molecule has 4 rings (SSSR count). The predicted molar refractivity (Wildman–Crippen MR) is 151 cm³/mol. The van der Waals surface area contributed by atoms with Crippen molar-refractivity contribution in [3.63, 3.8) is 0 Å². The molecule has 2 amide bonds. The normalized spacial score (nSPS) is 12.3. The Balaban J connectivity index is 1.49. The van der Waals surface area contributed by atoms with Crippen LogP contribution in [0.2, 0.25) is 15.1 Å². The van der Waals surface area contributed by atoms with Gasteiger partial charge in [0, 0.05) is 39.8 Å². The molecule has 0 radical (unpaired) electrons. The van der Waals surface area contributed by atoms with Crippen LogP contribution < -0.4 is 10.7 Å². The summed E-state index contributed by atoms with van der Waals surface area (Å²) in [5, 5.41) is 9.23. The Morgan fingerprint density at radius 2 is 1.68 bits per heavy atom. The maximum atomic E-state index is 12.9. The summed E-state index contributed by atoms with van der Waals surface area (Å²) >= 11 is 18.3. The number of para-hydroxylation sites is 1. The van der Waals surface area contributed by atoms with Gasteiger partial charge in [0.15, 0.2) is 0 Å². The second-order valence-corrected chi connectivity index (χ2v) is 10.1. The van der Waals surface area contributed by atoms with E-state index >= 15 is 0 Å². The number of halogens is 3. The zero-order valence-corrected chi connectivity index (χ0v) is 22.5. The average Bonchev–Trinajstić information content (AvgIpc) is 3.22. The molecular formula is C28H25Cl3N4O2. The lowest BCUT2D eigenvalue weighted by molar-refractivity contribution is -0.123. The van der Waals surface area contributed by atoms with Gasteiger partial charge in [-0.2, -0.15) is 5.10 Å². The molecule has 2 N–H and O–H groups in total. The van der Waals surface area contributed by atoms with Gasteiger partial charge in [0.05, 0.1) is 16.3 Å². The van der Waals surface area contributed by atoms with E-state index in [2.05, 4.69) is 20.4 Å². The maximum Gasteiger partial charge on any atom is 0.262 e. The lowest BCUT2D eigenvalue weighted by Crippen LogP contribution is -2.48. The van der Waals surface area contributed by atoms with Crippen LogP contribution in [0.15, 0.2) is 78.0 Å². The van der Waals surface area contributed by atoms with Gasteiger partial charge >= 0.3 is 0 Å². The highest BCUT2D eigenvalue weighted by Gasteiger charge is 2.25. The molecule has 190 valence electrons. The molecule has 0 aliphatic heterocycles. The van der Waals surface area contributed by atoms with Crippen molar-refractivity contribution in [3.8, 4) is 0 Å². The lowest BCUT2D eigenvalue weighted by atomic mass is 10.0. The second-order valence-electron chi connectivity index (χ2n) is 8.88. The topological polar surface area (TPSA) is 75.5 Å². The number of hydrogen-bond acceptors (Lipinski definition) is 3. The van der Waals surface area contributed by atoms with E-state index in [1.54, 1.807) is 12.3 Å². The van der Waals surface area contributed by atoms with E-state index in [4.69, 9.17) is 34.8 Å². The van der Waals surface area contributed by atoms with Crippen LogP contribution in [0.4, 0.5) is 0 Å². The van der Waals surface area contributed by atoms with Gasteiger partial charge in [-0.3, -0.25) is 9.59 Å². The van der Waals surface area contributed by atoms with E-state index in [0.717, 1.165) is 22.0 Å². The van der Waals surface area contributed by atoms with Crippen LogP contribution >= 0.6 is 34.8 Å². The van der Waals surface area contributed by atoms with Crippen molar-refractivity contribution < 1.29 is 9.59 Å². The molecule has 0 aliphatic carbocycles. The van der Waals surface area contributed by atoms with Crippen LogP contribution in [0.5, 0.6) is 0 Å². The fourth-order valence-electron chi connectivity index (χ4n) is 3.95. The molecule has 1 unspecified atom stereocenters. The Morgan fingerprint density at radius 3 is 2.41 bits per heavy atom. The number of nitrogens with zero attached hydrogens (tertiary/aromatic N) is 2. The molecule has 1 aromatic heterocycles. The first-order valence-electron chi connectivity index (χ1n) is 11.6. The molecule has 0 saturated carbocycles. The number of carbonyl (C=O) groups excluding carboxylic acids is 2. The van der Waals surface area contributed by atoms with Crippen LogP contribution in [0.25, 0.3) is 10.9 Å². The van der Waals surface area contributed by atoms with Gasteiger partial charge in [-0.05, 0) is 41.8 Å². The quantitative estimate of drug-likeness (QED) is 0.191. The average molecular weight is 556 g/mol. The maximum absolute atomic E-state index is 12.9. The number of hydrogen-bond donors (Lipinski definition) is 2. The van der Waals surface area contributed by atoms with Crippen LogP contribution in [-0.4, -0.2) is 28.6 Å². The van der Waals surface area contributed by atoms with Crippen molar-refractivity contribution in [2.45, 2.75) is 26.4 Å². The first-order valence-corrected chi connectivity index (χ1v) is 12.8. The van der Waals surface area contributed by atoms with Crippen molar-refractivity contribution in [2.24, 2.45) is 11.0 Å². The van der Waals surface area contributed by atoms with Gasteiger partial charge in [-0.15, -0.1) is 0 Å². The number of hydrazone groups is 1. The minimum atomic E-state index is -0.805. The Hall–Kier alpha value is -3.32. The van der Waals surface area contributed by atoms with Crippen molar-refractivity contribution >= 4 is 63.7 Å². The van der Waals surface area contributed by atoms with E-state index in [-0.39, 0.29) is 10.9 Å². The number of benzene rings is 3. The highest BCUT2D eigenvalue weighted by molar-refractivity contribution is 6.42. The summed E-state index contributed by atoms with van der Waals surface area (Å²) in [6, 6.07) is 19.4. The fraction of sp³-hybridized carbons (Fsp3) is 0.179. The minimum absolute atomic E-state index is 0.181. The SMILES string of the molecule is CC(C)C(NC(=O)c1ccc(Cl)c(Cl)c1)C(=O)NN=Cc1cn(Cc2ccccc2Cl)c2ccccc12. The van der Waals surface area contributed by atoms with E-state index in [9.17, 15) is 9.59 Å². The smallest absolute Gasteiger partial charge is 0.262 e. The Labute approximate surface area is 230 Å². The second kappa shape index (κ2) is 11.8. The van der Waals surface area contributed by atoms with Crippen LogP contribution in [-0.2, 0) is 11.3 Å². The largest absolute Gasteiger partial charge is 0.342 e. The monoisotopic (exact) mass is 554 g/mol.